The second-order valence-electron chi connectivity index (χ2n) is 31.0. The van der Waals surface area contributed by atoms with Gasteiger partial charge in [0.2, 0.25) is 17.8 Å². The predicted molar refractivity (Wildman–Crippen MR) is 455 cm³/mol. The summed E-state index contributed by atoms with van der Waals surface area (Å²) in [5.74, 6) is -0.692. The van der Waals surface area contributed by atoms with Crippen LogP contribution in [0.3, 0.4) is 0 Å². The summed E-state index contributed by atoms with van der Waals surface area (Å²) in [7, 11) is -14.8. The average Bonchev–Trinajstić information content (AvgIpc) is 1.55. The number of nitrogen functional groups attached to an aromatic ring is 6. The van der Waals surface area contributed by atoms with Gasteiger partial charge in [-0.1, -0.05) is 10.4 Å². The molecule has 10 fully saturated rings. The number of aromatic amines is 3. The van der Waals surface area contributed by atoms with Crippen molar-refractivity contribution in [3.8, 4) is 0 Å². The number of hydrogen-bond acceptors (Lipinski definition) is 48. The average molecular weight is 2070 g/mol. The predicted octanol–water partition coefficient (Wildman–Crippen LogP) is -0.115. The van der Waals surface area contributed by atoms with E-state index in [1.54, 1.807) is 12.1 Å². The van der Waals surface area contributed by atoms with Gasteiger partial charge in [0.15, 0.2) is 93.2 Å². The molecule has 0 radical (unpaired) electrons. The van der Waals surface area contributed by atoms with Crippen molar-refractivity contribution in [2.45, 2.75) is 146 Å². The van der Waals surface area contributed by atoms with Gasteiger partial charge in [0, 0.05) is 25.2 Å². The standard InChI is InChI=1S/C22H24FN9O10P2S2.C21H25N9O10P2S.C19H21F2N11O10P2S/c23-10-9-3-38-43(34,35)42-15-14-19(31-6-27-11-8(24)1-2-26-16(11)31)40-22(15,4-37-14)5-39-44(36,45)41-13(10)20(46-9)32-7-28-12-17(32)29-21(25)30-18(12)33;22-10-1-2-26-30-11(5-24-17(10)30)12-4-13-15(38-12)7-36-42(34,43)40-14-3-9(6-35-41(32,33)39-13)37-20(14)29-8-25-16-18(29)27-21(23)28-19(16)31;20-8-6-3-37-43(34,35)41-12-7(40-17(9(12)21)31-14-10(27-29-31)5(22)1-2-24-14)4-38-44(36,45)42-13(8)18(39-6)32-15-11(28-30-32)16(33)26-19(23)25-15/h1-2,6-7,9-10,13-15,19-20H,3-5H2,(H2,24,26)(H,34,35)(H,36,45)(H3,25,29,30,33);1-2,5,8-9,12-15,20H,3-4,6-7,22H2,(H,32,33)(H,34,43)(H3,23,27,28,31);1-2,6-9,12-13,17-18H,3-4H2,(H2,22,24)(H,34,35)(H,36,45)(H3,23,25,26,33)/t9-,10+,13-,14-,15+,19-,20-,22-,44?;9-,12+,13-,14+,15+,20+,42?;6-,7-,8+,9+,12-,13-,17-,18-,44?/m101/s1. The third kappa shape index (κ3) is 17.7. The Kier molecular flexibility index (Phi) is 24.4. The summed E-state index contributed by atoms with van der Waals surface area (Å²) in [4.78, 5) is 146. The van der Waals surface area contributed by atoms with Gasteiger partial charge in [-0.05, 0) is 53.6 Å². The Morgan fingerprint density at radius 1 is 0.463 bits per heavy atom. The molecule has 0 aliphatic carbocycles. The van der Waals surface area contributed by atoms with Crippen molar-refractivity contribution in [2.75, 3.05) is 80.7 Å². The normalized spacial score (nSPS) is 37.6. The molecule has 718 valence electrons. The van der Waals surface area contributed by atoms with Crippen LogP contribution in [-0.4, -0.2) is 285 Å². The summed E-state index contributed by atoms with van der Waals surface area (Å²) >= 11 is 16.6. The third-order valence-electron chi connectivity index (χ3n) is 22.4. The summed E-state index contributed by atoms with van der Waals surface area (Å²) in [5, 5.41) is 17.3. The van der Waals surface area contributed by atoms with Crippen LogP contribution in [0.15, 0.2) is 76.4 Å². The van der Waals surface area contributed by atoms with E-state index in [0.717, 1.165) is 21.1 Å². The Morgan fingerprint density at radius 3 is 1.75 bits per heavy atom. The van der Waals surface area contributed by atoms with Gasteiger partial charge in [0.1, 0.15) is 89.8 Å². The smallest absolute Gasteiger partial charge is 0.397 e. The van der Waals surface area contributed by atoms with E-state index in [1.807, 2.05) is 0 Å². The van der Waals surface area contributed by atoms with Crippen molar-refractivity contribution in [1.82, 2.24) is 113 Å². The maximum atomic E-state index is 16.0. The molecule has 21 N–H and O–H groups in total. The highest BCUT2D eigenvalue weighted by molar-refractivity contribution is 8.07. The minimum atomic E-state index is -5.17. The van der Waals surface area contributed by atoms with Gasteiger partial charge < -0.3 is 110 Å². The number of aromatic nitrogens is 23. The third-order valence-corrected chi connectivity index (χ3v) is 31.6. The molecule has 10 aliphatic heterocycles. The summed E-state index contributed by atoms with van der Waals surface area (Å²) in [6.07, 6.45) is -16.9. The van der Waals surface area contributed by atoms with E-state index in [0.29, 0.717) is 33.9 Å². The van der Waals surface area contributed by atoms with Gasteiger partial charge >= 0.3 is 43.6 Å². The molecule has 10 aliphatic rings. The first-order valence-electron chi connectivity index (χ1n) is 39.2. The molecule has 12 aromatic heterocycles. The number of alkyl halides is 3. The van der Waals surface area contributed by atoms with E-state index in [-0.39, 0.29) is 101 Å². The molecule has 6 unspecified atom stereocenters. The van der Waals surface area contributed by atoms with Gasteiger partial charge in [0.05, 0.1) is 112 Å². The number of nitrogens with one attached hydrogen (secondary N) is 3. The van der Waals surface area contributed by atoms with Crippen LogP contribution in [0.2, 0.25) is 0 Å². The molecule has 28 atom stereocenters. The molecular weight excluding hydrogens is 2000 g/mol. The Labute approximate surface area is 760 Å². The van der Waals surface area contributed by atoms with Gasteiger partial charge in [-0.3, -0.25) is 79.2 Å². The molecule has 22 heterocycles. The Balaban J connectivity index is 0.000000125. The first kappa shape index (κ1) is 93.1. The molecule has 59 nitrogen and oxygen atoms in total. The van der Waals surface area contributed by atoms with Gasteiger partial charge in [-0.2, -0.15) is 29.4 Å². The van der Waals surface area contributed by atoms with Crippen LogP contribution in [0.1, 0.15) is 54.9 Å². The van der Waals surface area contributed by atoms with Gasteiger partial charge in [-0.25, -0.2) is 61.3 Å². The molecule has 22 rings (SSSR count). The number of phosphoric acid groups is 3. The topological polar surface area (TPSA) is 803 Å². The molecule has 72 heteroatoms. The second kappa shape index (κ2) is 35.1. The molecule has 0 aromatic carbocycles. The van der Waals surface area contributed by atoms with Crippen molar-refractivity contribution in [3.05, 3.63) is 98.7 Å². The maximum absolute atomic E-state index is 16.0. The lowest BCUT2D eigenvalue weighted by molar-refractivity contribution is -0.183. The first-order chi connectivity index (χ1) is 63.6. The maximum Gasteiger partial charge on any atom is 0.472 e. The van der Waals surface area contributed by atoms with Crippen LogP contribution in [0.5, 0.6) is 0 Å². The molecule has 134 heavy (non-hydrogen) atoms. The fraction of sp³-hybridized carbons (Fsp3) is 0.500. The fourth-order valence-electron chi connectivity index (χ4n) is 16.4. The minimum absolute atomic E-state index is 0.00936. The molecular formula is C62H70F3N29O30P6S4. The van der Waals surface area contributed by atoms with Crippen molar-refractivity contribution >= 4 is 187 Å². The molecule has 0 saturated carbocycles. The van der Waals surface area contributed by atoms with Crippen LogP contribution in [0.4, 0.5) is 48.1 Å². The van der Waals surface area contributed by atoms with E-state index >= 15 is 13.2 Å². The summed E-state index contributed by atoms with van der Waals surface area (Å²) in [6.45, 7) is -16.5. The van der Waals surface area contributed by atoms with Crippen molar-refractivity contribution in [3.63, 3.8) is 0 Å². The quantitative estimate of drug-likeness (QED) is 0.0965. The van der Waals surface area contributed by atoms with E-state index < -0.39 is 220 Å². The highest BCUT2D eigenvalue weighted by Gasteiger charge is 2.67. The van der Waals surface area contributed by atoms with Crippen LogP contribution in [-0.2, 0) is 132 Å². The van der Waals surface area contributed by atoms with Crippen LogP contribution < -0.4 is 51.1 Å². The molecule has 12 aromatic rings. The van der Waals surface area contributed by atoms with E-state index in [2.05, 4.69) is 85.5 Å². The highest BCUT2D eigenvalue weighted by atomic mass is 32.5. The van der Waals surface area contributed by atoms with Gasteiger partial charge in [-0.15, -0.1) is 22.0 Å². The number of anilines is 6. The number of fused-ring (bicyclic) bond motifs is 14. The van der Waals surface area contributed by atoms with Crippen LogP contribution >= 0.6 is 55.4 Å². The van der Waals surface area contributed by atoms with Gasteiger partial charge in [0.25, 0.3) is 16.7 Å². The van der Waals surface area contributed by atoms with Crippen LogP contribution in [0, 0.1) is 0 Å². The van der Waals surface area contributed by atoms with Crippen LogP contribution in [0.25, 0.3) is 61.5 Å². The van der Waals surface area contributed by atoms with E-state index in [1.165, 1.54) is 68.1 Å². The number of ether oxygens (including phenoxy) is 6. The zero-order valence-corrected chi connectivity index (χ0v) is 75.7. The number of nitrogens with two attached hydrogens (primary N) is 6. The molecule has 0 amide bonds. The fourth-order valence-corrected chi connectivity index (χ4v) is 25.3. The number of thioether (sulfide) groups is 1. The zero-order valence-electron chi connectivity index (χ0n) is 67.1. The lowest BCUT2D eigenvalue weighted by Gasteiger charge is -2.33. The van der Waals surface area contributed by atoms with E-state index in [4.69, 9.17) is 153 Å². The number of nitrogens with zero attached hydrogens (tertiary/aromatic N) is 20. The Hall–Kier alpha value is -8.61. The number of phosphoric ester groups is 3. The Morgan fingerprint density at radius 2 is 1.03 bits per heavy atom. The number of pyridine rings is 2. The number of imidazole rings is 4. The number of H-pyrrole nitrogens is 3. The van der Waals surface area contributed by atoms with Crippen molar-refractivity contribution in [2.24, 2.45) is 0 Å². The van der Waals surface area contributed by atoms with E-state index in [9.17, 15) is 57.4 Å². The monoisotopic (exact) mass is 2070 g/mol. The first-order valence-corrected chi connectivity index (χ1v) is 52.4. The number of rotatable bonds is 6. The largest absolute Gasteiger partial charge is 0.472 e. The lowest BCUT2D eigenvalue weighted by Crippen LogP contribution is -2.45. The highest BCUT2D eigenvalue weighted by Crippen LogP contribution is 2.62. The van der Waals surface area contributed by atoms with Crippen molar-refractivity contribution < 1.29 is 139 Å². The molecule has 10 saturated heterocycles. The summed E-state index contributed by atoms with van der Waals surface area (Å²) < 4.78 is 196. The molecule has 8 bridgehead atoms. The SMILES string of the molecule is Nc1nc2c(ncn2[C@@H]2O[C@@H]3COP(=O)(O)O[C@H]4C[C@H](c5cnc6c(N)ccnn56)O[C@@H]4COP(O)(=S)O[C@@H]2C3)c(=O)[nH]1.Nc1nc2c(ncn2[C@@H]2S[C@@H]3COP(=O)(O)O[C@H]4[C@H]5OC[C@]4(COP(O)(=S)O[C@@H]2[C@H]3F)O[C@H]5n2cnc3c(N)ccnc32)c(=O)[nH]1.Nc1nc2c(nnn2[C@@H]2O[C@@H]3COP(=O)(O)O[C@H]4[C@H](F)[C@H](n5nnc6c(N)ccnc65)O[C@@H]4COP(O)(=S)O[C@@H]2[C@H]3F)c(=O)[nH]1. The number of halogens is 3. The summed E-state index contributed by atoms with van der Waals surface area (Å²) in [6, 6.07) is 4.63. The molecule has 0 spiro atoms. The minimum Gasteiger partial charge on any atom is -0.397 e. The summed E-state index contributed by atoms with van der Waals surface area (Å²) in [5.41, 5.74) is 33.7. The van der Waals surface area contributed by atoms with Crippen molar-refractivity contribution in [1.29, 1.82) is 0 Å². The lowest BCUT2D eigenvalue weighted by atomic mass is 10.0. The number of hydrogen-bond donors (Lipinski definition) is 15. The Bertz CT molecular complexity index is 7160. The second-order valence-corrected chi connectivity index (χ2v) is 44.9. The zero-order chi connectivity index (χ0) is 94.1.